The molecule has 17 nitrogen and oxygen atoms in total. The Kier molecular flexibility index (Phi) is 14.7. The number of amides is 3. The van der Waals surface area contributed by atoms with Gasteiger partial charge in [-0.25, -0.2) is 14.9 Å². The van der Waals surface area contributed by atoms with Crippen molar-refractivity contribution in [1.29, 1.82) is 0 Å². The normalized spacial score (nSPS) is 15.7. The Labute approximate surface area is 423 Å². The number of oxime groups is 1. The smallest absolute Gasteiger partial charge is 0.356 e. The van der Waals surface area contributed by atoms with Gasteiger partial charge in [0.25, 0.3) is 11.8 Å². The van der Waals surface area contributed by atoms with E-state index in [0.717, 1.165) is 33.0 Å². The highest BCUT2D eigenvalue weighted by Crippen LogP contribution is 2.43. The number of esters is 1. The predicted molar refractivity (Wildman–Crippen MR) is 275 cm³/mol. The maximum Gasteiger partial charge on any atom is 0.356 e. The second-order valence-electron chi connectivity index (χ2n) is 16.1. The number of thioether (sulfide) groups is 2. The van der Waals surface area contributed by atoms with Gasteiger partial charge in [0.15, 0.2) is 22.1 Å². The van der Waals surface area contributed by atoms with Crippen LogP contribution in [0.4, 0.5) is 5.13 Å². The number of nitrogens with one attached hydrogen (secondary N) is 3. The first kappa shape index (κ1) is 48.7. The Hall–Kier alpha value is -8.33. The van der Waals surface area contributed by atoms with Crippen molar-refractivity contribution >= 4 is 69.4 Å². The van der Waals surface area contributed by atoms with Crippen LogP contribution in [0, 0.1) is 0 Å². The van der Waals surface area contributed by atoms with Crippen molar-refractivity contribution in [3.63, 3.8) is 0 Å². The van der Waals surface area contributed by atoms with Gasteiger partial charge in [0.05, 0.1) is 0 Å². The van der Waals surface area contributed by atoms with Gasteiger partial charge in [0.1, 0.15) is 42.0 Å². The fraction of sp³-hybridized carbons (Fsp3) is 0.135. The van der Waals surface area contributed by atoms with Crippen molar-refractivity contribution in [3.05, 3.63) is 234 Å². The number of H-pyrrole nitrogens is 1. The molecule has 2 atom stereocenters. The highest BCUT2D eigenvalue weighted by Gasteiger charge is 2.55. The molecule has 2 aromatic heterocycles. The molecule has 7 aromatic rings. The van der Waals surface area contributed by atoms with Gasteiger partial charge in [-0.05, 0) is 44.9 Å². The van der Waals surface area contributed by atoms with Crippen LogP contribution in [0.15, 0.2) is 200 Å². The third-order valence-corrected chi connectivity index (χ3v) is 14.5. The summed E-state index contributed by atoms with van der Waals surface area (Å²) in [5.41, 5.74) is 6.85. The number of anilines is 1. The van der Waals surface area contributed by atoms with Crippen LogP contribution in [0.5, 0.6) is 0 Å². The van der Waals surface area contributed by atoms with Gasteiger partial charge in [-0.1, -0.05) is 169 Å². The first-order valence-electron chi connectivity index (χ1n) is 22.2. The number of aromatic nitrogens is 4. The molecule has 2 unspecified atom stereocenters. The Bertz CT molecular complexity index is 3200. The van der Waals surface area contributed by atoms with Gasteiger partial charge in [0.2, 0.25) is 5.91 Å². The van der Waals surface area contributed by atoms with Gasteiger partial charge in [-0.3, -0.25) is 33.4 Å². The molecule has 0 aliphatic carbocycles. The van der Waals surface area contributed by atoms with Crippen LogP contribution in [0.25, 0.3) is 0 Å². The molecule has 1 fully saturated rings. The number of fused-ring (bicyclic) bond motifs is 1. The van der Waals surface area contributed by atoms with E-state index in [0.29, 0.717) is 21.8 Å². The Morgan fingerprint density at radius 3 is 1.96 bits per heavy atom. The van der Waals surface area contributed by atoms with Crippen molar-refractivity contribution < 1.29 is 28.8 Å². The lowest BCUT2D eigenvalue weighted by Gasteiger charge is -2.49. The molecule has 3 amide bonds. The summed E-state index contributed by atoms with van der Waals surface area (Å²) in [5.74, 6) is -2.89. The number of rotatable bonds is 18. The molecule has 20 heteroatoms. The number of thiazole rings is 1. The molecule has 362 valence electrons. The van der Waals surface area contributed by atoms with Crippen molar-refractivity contribution in [1.82, 2.24) is 30.0 Å². The first-order chi connectivity index (χ1) is 35.1. The second kappa shape index (κ2) is 21.8. The lowest BCUT2D eigenvalue weighted by atomic mass is 9.77. The lowest BCUT2D eigenvalue weighted by Crippen LogP contribution is -2.71. The van der Waals surface area contributed by atoms with Crippen molar-refractivity contribution in [2.75, 3.05) is 18.2 Å². The monoisotopic (exact) mass is 1020 g/mol. The first-order valence-corrected chi connectivity index (χ1v) is 25.0. The average molecular weight is 1020 g/mol. The number of β-lactam (4-membered cyclic amide) rings is 1. The maximum atomic E-state index is 14.7. The van der Waals surface area contributed by atoms with Crippen molar-refractivity contribution in [2.24, 2.45) is 10.9 Å². The summed E-state index contributed by atoms with van der Waals surface area (Å²) in [4.78, 5) is 91.2. The van der Waals surface area contributed by atoms with E-state index in [1.54, 1.807) is 11.5 Å². The zero-order valence-corrected chi connectivity index (χ0v) is 40.6. The number of aromatic amines is 1. The molecule has 0 saturated carbocycles. The summed E-state index contributed by atoms with van der Waals surface area (Å²) in [5, 5.41) is 19.4. The summed E-state index contributed by atoms with van der Waals surface area (Å²) in [6.45, 7) is -0.603. The largest absolute Gasteiger partial charge is 0.448 e. The van der Waals surface area contributed by atoms with E-state index in [2.05, 4.69) is 26.0 Å². The molecule has 5 aromatic carbocycles. The molecule has 2 aliphatic rings. The number of hydrogen-bond acceptors (Lipinski definition) is 15. The summed E-state index contributed by atoms with van der Waals surface area (Å²) in [6.07, 6.45) is 0.679. The minimum absolute atomic E-state index is 0.0591. The van der Waals surface area contributed by atoms with E-state index >= 15 is 0 Å². The number of hydrogen-bond donors (Lipinski definition) is 4. The molecule has 4 heterocycles. The van der Waals surface area contributed by atoms with Crippen LogP contribution < -0.4 is 27.5 Å². The lowest BCUT2D eigenvalue weighted by molar-refractivity contribution is -0.154. The SMILES string of the molecule is CO/N=C(/C(=O)NC1C(=O)N2C(C(=O)OC(c3ccccc3)c3ccccc3)=C(/C=C/Sc3n[nH]c(=O)c(=O)n3CC(N)=O)CSC12)c1csc(NC(c2ccccc2)(c2ccccc2)c2ccccc2)n1. The number of allylic oxidation sites excluding steroid dienone is 1. The Morgan fingerprint density at radius 1 is 0.861 bits per heavy atom. The van der Waals surface area contributed by atoms with E-state index in [1.165, 1.54) is 40.5 Å². The van der Waals surface area contributed by atoms with E-state index in [-0.39, 0.29) is 28.0 Å². The quantitative estimate of drug-likeness (QED) is 0.0149. The van der Waals surface area contributed by atoms with Gasteiger partial charge in [-0.2, -0.15) is 0 Å². The molecule has 2 aliphatic heterocycles. The zero-order chi connectivity index (χ0) is 50.2. The Morgan fingerprint density at radius 2 is 1.42 bits per heavy atom. The number of carbonyl (C=O) groups is 4. The van der Waals surface area contributed by atoms with Crippen LogP contribution in [0.3, 0.4) is 0 Å². The van der Waals surface area contributed by atoms with E-state index in [9.17, 15) is 28.8 Å². The van der Waals surface area contributed by atoms with Gasteiger partial charge < -0.3 is 25.9 Å². The molecule has 1 saturated heterocycles. The third kappa shape index (κ3) is 10.00. The fourth-order valence-corrected chi connectivity index (χ4v) is 11.2. The van der Waals surface area contributed by atoms with Gasteiger partial charge in [0, 0.05) is 11.1 Å². The number of nitrogens with zero attached hydrogens (tertiary/aromatic N) is 5. The molecule has 0 radical (unpaired) electrons. The second-order valence-corrected chi connectivity index (χ2v) is 18.9. The molecule has 72 heavy (non-hydrogen) atoms. The number of nitrogens with two attached hydrogens (primary N) is 1. The number of benzene rings is 5. The topological polar surface area (TPSA) is 233 Å². The summed E-state index contributed by atoms with van der Waals surface area (Å²) in [7, 11) is 1.30. The predicted octanol–water partition coefficient (Wildman–Crippen LogP) is 5.92. The minimum atomic E-state index is -1.11. The van der Waals surface area contributed by atoms with Gasteiger partial charge >= 0.3 is 17.1 Å². The van der Waals surface area contributed by atoms with Crippen LogP contribution in [0.1, 0.15) is 39.6 Å². The summed E-state index contributed by atoms with van der Waals surface area (Å²) in [6, 6.07) is 47.1. The molecule has 0 bridgehead atoms. The van der Waals surface area contributed by atoms with Crippen molar-refractivity contribution in [2.45, 2.75) is 34.8 Å². The standard InChI is InChI=1S/C52H43N9O8S3/c1-68-59-40(38-31-72-50(54-38)56-52(35-21-11-4-12-22-35,36-23-13-5-14-24-36)37-25-15-6-16-26-37)44(63)55-41-46(65)61-42(49(67)69-43(32-17-7-2-8-18-32)33-19-9-3-10-20-33)34(30-71-48(41)61)27-28-70-51-58-57-45(64)47(66)60(51)29-39(53)62/h2-28,31,41,43,48H,29-30H2,1H3,(H2,53,62)(H,54,56)(H,55,63)(H,57,64)/b28-27+,59-40+. The van der Waals surface area contributed by atoms with Crippen LogP contribution in [0.2, 0.25) is 0 Å². The van der Waals surface area contributed by atoms with Crippen LogP contribution in [-0.2, 0) is 40.8 Å². The van der Waals surface area contributed by atoms with Crippen LogP contribution >= 0.6 is 34.9 Å². The van der Waals surface area contributed by atoms with Gasteiger partial charge in [-0.15, -0.1) is 28.2 Å². The maximum absolute atomic E-state index is 14.7. The number of carbonyl (C=O) groups excluding carboxylic acids is 4. The zero-order valence-electron chi connectivity index (χ0n) is 38.1. The molecular formula is C52H43N9O8S3. The number of primary amides is 1. The van der Waals surface area contributed by atoms with E-state index < -0.39 is 64.4 Å². The van der Waals surface area contributed by atoms with Crippen molar-refractivity contribution in [3.8, 4) is 0 Å². The molecule has 0 spiro atoms. The summed E-state index contributed by atoms with van der Waals surface area (Å²) >= 11 is 3.41. The highest BCUT2D eigenvalue weighted by molar-refractivity contribution is 8.02. The average Bonchev–Trinajstić information content (AvgIpc) is 3.88. The third-order valence-electron chi connectivity index (χ3n) is 11.6. The van der Waals surface area contributed by atoms with E-state index in [1.807, 2.05) is 152 Å². The van der Waals surface area contributed by atoms with E-state index in [4.69, 9.17) is 20.3 Å². The Balaban J connectivity index is 1.00. The summed E-state index contributed by atoms with van der Waals surface area (Å²) < 4.78 is 7.12. The molecular weight excluding hydrogens is 975 g/mol. The fourth-order valence-electron chi connectivity index (χ4n) is 8.37. The minimum Gasteiger partial charge on any atom is -0.448 e. The molecule has 9 rings (SSSR count). The highest BCUT2D eigenvalue weighted by atomic mass is 32.2. The molecule has 5 N–H and O–H groups in total. The van der Waals surface area contributed by atoms with Crippen LogP contribution in [-0.4, -0.2) is 78.3 Å². The number of ether oxygens (including phenoxy) is 1.